The van der Waals surface area contributed by atoms with Crippen LogP contribution >= 0.6 is 0 Å². The van der Waals surface area contributed by atoms with Gasteiger partial charge < -0.3 is 10.8 Å². The Hall–Kier alpha value is -1.78. The first kappa shape index (κ1) is 11.7. The van der Waals surface area contributed by atoms with E-state index in [0.717, 1.165) is 11.1 Å². The topological polar surface area (TPSA) is 72.0 Å². The molecule has 0 radical (unpaired) electrons. The van der Waals surface area contributed by atoms with Crippen molar-refractivity contribution < 1.29 is 5.11 Å². The summed E-state index contributed by atoms with van der Waals surface area (Å²) in [6.45, 7) is 0.370. The molecule has 0 saturated heterocycles. The Balaban J connectivity index is 2.25. The van der Waals surface area contributed by atoms with Crippen molar-refractivity contribution in [1.82, 2.24) is 9.97 Å². The molecule has 2 atom stereocenters. The third kappa shape index (κ3) is 2.67. The van der Waals surface area contributed by atoms with Crippen molar-refractivity contribution in [2.45, 2.75) is 12.0 Å². The van der Waals surface area contributed by atoms with Crippen LogP contribution in [0.2, 0.25) is 0 Å². The minimum atomic E-state index is -0.632. The zero-order valence-electron chi connectivity index (χ0n) is 9.40. The van der Waals surface area contributed by atoms with E-state index in [2.05, 4.69) is 9.97 Å². The minimum Gasteiger partial charge on any atom is -0.388 e. The van der Waals surface area contributed by atoms with Gasteiger partial charge in [0.1, 0.15) is 0 Å². The average Bonchev–Trinajstić information content (AvgIpc) is 2.42. The van der Waals surface area contributed by atoms with Gasteiger partial charge in [0.25, 0.3) is 0 Å². The molecule has 4 nitrogen and oxygen atoms in total. The summed E-state index contributed by atoms with van der Waals surface area (Å²) >= 11 is 0. The van der Waals surface area contributed by atoms with Gasteiger partial charge in [-0.05, 0) is 29.3 Å². The van der Waals surface area contributed by atoms with Crippen molar-refractivity contribution in [3.8, 4) is 0 Å². The van der Waals surface area contributed by atoms with Crippen LogP contribution in [0.1, 0.15) is 23.1 Å². The number of nitrogens with two attached hydrogens (primary N) is 1. The summed E-state index contributed by atoms with van der Waals surface area (Å²) in [7, 11) is 0. The fourth-order valence-corrected chi connectivity index (χ4v) is 1.84. The second kappa shape index (κ2) is 5.52. The molecule has 0 bridgehead atoms. The van der Waals surface area contributed by atoms with Gasteiger partial charge in [0.2, 0.25) is 0 Å². The number of aliphatic hydroxyl groups excluding tert-OH is 1. The summed E-state index contributed by atoms with van der Waals surface area (Å²) in [4.78, 5) is 7.98. The number of rotatable bonds is 4. The lowest BCUT2D eigenvalue weighted by molar-refractivity contribution is 0.147. The third-order valence-corrected chi connectivity index (χ3v) is 2.80. The molecule has 0 amide bonds. The quantitative estimate of drug-likeness (QED) is 0.827. The van der Waals surface area contributed by atoms with Gasteiger partial charge in [0.05, 0.1) is 6.10 Å². The maximum atomic E-state index is 10.3. The predicted molar refractivity (Wildman–Crippen MR) is 65.2 cm³/mol. The van der Waals surface area contributed by atoms with Crippen molar-refractivity contribution in [1.29, 1.82) is 0 Å². The monoisotopic (exact) mass is 229 g/mol. The smallest absolute Gasteiger partial charge is 0.0872 e. The fourth-order valence-electron chi connectivity index (χ4n) is 1.84. The molecule has 2 rings (SSSR count). The van der Waals surface area contributed by atoms with Gasteiger partial charge in [-0.1, -0.05) is 6.07 Å². The third-order valence-electron chi connectivity index (χ3n) is 2.80. The van der Waals surface area contributed by atoms with Crippen molar-refractivity contribution in [2.24, 2.45) is 5.73 Å². The number of nitrogens with zero attached hydrogens (tertiary/aromatic N) is 2. The van der Waals surface area contributed by atoms with Crippen LogP contribution in [0.25, 0.3) is 0 Å². The Morgan fingerprint density at radius 1 is 1.06 bits per heavy atom. The molecule has 0 fully saturated rings. The van der Waals surface area contributed by atoms with E-state index in [1.54, 1.807) is 36.9 Å². The molecule has 0 spiro atoms. The van der Waals surface area contributed by atoms with Crippen LogP contribution in [0.15, 0.2) is 49.1 Å². The molecule has 88 valence electrons. The van der Waals surface area contributed by atoms with E-state index in [0.29, 0.717) is 6.54 Å². The second-order valence-electron chi connectivity index (χ2n) is 3.85. The Kier molecular flexibility index (Phi) is 3.80. The lowest BCUT2D eigenvalue weighted by Gasteiger charge is -2.21. The molecule has 17 heavy (non-hydrogen) atoms. The molecule has 2 aromatic rings. The van der Waals surface area contributed by atoms with Crippen LogP contribution in [0.5, 0.6) is 0 Å². The molecule has 2 unspecified atom stereocenters. The normalized spacial score (nSPS) is 14.2. The number of hydrogen-bond donors (Lipinski definition) is 2. The summed E-state index contributed by atoms with van der Waals surface area (Å²) in [5.41, 5.74) is 7.50. The molecular weight excluding hydrogens is 214 g/mol. The van der Waals surface area contributed by atoms with Crippen molar-refractivity contribution in [3.63, 3.8) is 0 Å². The average molecular weight is 229 g/mol. The Bertz CT molecular complexity index is 447. The molecule has 0 saturated carbocycles. The molecule has 0 aliphatic carbocycles. The van der Waals surface area contributed by atoms with E-state index in [-0.39, 0.29) is 5.92 Å². The zero-order valence-corrected chi connectivity index (χ0v) is 9.40. The highest BCUT2D eigenvalue weighted by atomic mass is 16.3. The van der Waals surface area contributed by atoms with Crippen LogP contribution in [0, 0.1) is 0 Å². The highest BCUT2D eigenvalue weighted by Gasteiger charge is 2.21. The minimum absolute atomic E-state index is 0.147. The van der Waals surface area contributed by atoms with Crippen LogP contribution in [-0.2, 0) is 0 Å². The largest absolute Gasteiger partial charge is 0.388 e. The lowest BCUT2D eigenvalue weighted by Crippen LogP contribution is -2.20. The summed E-state index contributed by atoms with van der Waals surface area (Å²) < 4.78 is 0. The van der Waals surface area contributed by atoms with E-state index in [4.69, 9.17) is 5.73 Å². The Morgan fingerprint density at radius 2 is 1.82 bits per heavy atom. The number of pyridine rings is 2. The van der Waals surface area contributed by atoms with Crippen LogP contribution in [0.3, 0.4) is 0 Å². The lowest BCUT2D eigenvalue weighted by atomic mass is 9.91. The maximum absolute atomic E-state index is 10.3. The first-order chi connectivity index (χ1) is 8.33. The van der Waals surface area contributed by atoms with Gasteiger partial charge in [0, 0.05) is 37.3 Å². The highest BCUT2D eigenvalue weighted by molar-refractivity contribution is 5.23. The van der Waals surface area contributed by atoms with Gasteiger partial charge in [0.15, 0.2) is 0 Å². The van der Waals surface area contributed by atoms with Gasteiger partial charge in [-0.25, -0.2) is 0 Å². The molecule has 0 aromatic carbocycles. The number of hydrogen-bond acceptors (Lipinski definition) is 4. The molecule has 2 aromatic heterocycles. The predicted octanol–water partition coefficient (Wildman–Crippen LogP) is 1.25. The Morgan fingerprint density at radius 3 is 2.41 bits per heavy atom. The first-order valence-electron chi connectivity index (χ1n) is 5.51. The van der Waals surface area contributed by atoms with Crippen LogP contribution < -0.4 is 5.73 Å². The van der Waals surface area contributed by atoms with Gasteiger partial charge in [-0.3, -0.25) is 9.97 Å². The van der Waals surface area contributed by atoms with Crippen LogP contribution in [0.4, 0.5) is 0 Å². The summed E-state index contributed by atoms with van der Waals surface area (Å²) in [6.07, 6.45) is 6.13. The number of aliphatic hydroxyl groups is 1. The van der Waals surface area contributed by atoms with Crippen LogP contribution in [-0.4, -0.2) is 21.6 Å². The molecule has 2 heterocycles. The maximum Gasteiger partial charge on any atom is 0.0872 e. The first-order valence-corrected chi connectivity index (χ1v) is 5.51. The molecular formula is C13H15N3O. The molecule has 3 N–H and O–H groups in total. The SMILES string of the molecule is NCC(c1cccnc1)C(O)c1ccncc1. The number of aromatic nitrogens is 2. The van der Waals surface area contributed by atoms with E-state index in [1.807, 2.05) is 12.1 Å². The zero-order chi connectivity index (χ0) is 12.1. The second-order valence-corrected chi connectivity index (χ2v) is 3.85. The molecule has 0 aliphatic rings. The van der Waals surface area contributed by atoms with Crippen molar-refractivity contribution >= 4 is 0 Å². The van der Waals surface area contributed by atoms with E-state index in [9.17, 15) is 5.11 Å². The van der Waals surface area contributed by atoms with E-state index < -0.39 is 6.10 Å². The molecule has 4 heteroatoms. The fraction of sp³-hybridized carbons (Fsp3) is 0.231. The summed E-state index contributed by atoms with van der Waals surface area (Å²) in [5.74, 6) is -0.147. The summed E-state index contributed by atoms with van der Waals surface area (Å²) in [5, 5.41) is 10.3. The van der Waals surface area contributed by atoms with Gasteiger partial charge in [-0.2, -0.15) is 0 Å². The molecule has 0 aliphatic heterocycles. The Labute approximate surface area is 100 Å². The van der Waals surface area contributed by atoms with E-state index in [1.165, 1.54) is 0 Å². The van der Waals surface area contributed by atoms with Crippen molar-refractivity contribution in [2.75, 3.05) is 6.54 Å². The summed E-state index contributed by atoms with van der Waals surface area (Å²) in [6, 6.07) is 7.36. The van der Waals surface area contributed by atoms with Crippen molar-refractivity contribution in [3.05, 3.63) is 60.2 Å². The standard InChI is InChI=1S/C13H15N3O/c14-8-12(11-2-1-5-16-9-11)13(17)10-3-6-15-7-4-10/h1-7,9,12-13,17H,8,14H2. The van der Waals surface area contributed by atoms with Gasteiger partial charge >= 0.3 is 0 Å². The highest BCUT2D eigenvalue weighted by Crippen LogP contribution is 2.29. The van der Waals surface area contributed by atoms with Gasteiger partial charge in [-0.15, -0.1) is 0 Å². The van der Waals surface area contributed by atoms with E-state index >= 15 is 0 Å².